The number of aliphatic hydroxyl groups excluding tert-OH is 1. The molecule has 0 aliphatic carbocycles. The van der Waals surface area contributed by atoms with Crippen molar-refractivity contribution in [2.24, 2.45) is 0 Å². The number of carbonyl (C=O) groups is 1. The van der Waals surface area contributed by atoms with Crippen molar-refractivity contribution in [3.8, 4) is 5.75 Å². The maximum absolute atomic E-state index is 13.5. The molecule has 184 valence electrons. The van der Waals surface area contributed by atoms with Crippen molar-refractivity contribution >= 4 is 27.4 Å². The average Bonchev–Trinajstić information content (AvgIpc) is 3.02. The van der Waals surface area contributed by atoms with E-state index >= 15 is 0 Å². The highest BCUT2D eigenvalue weighted by atomic mass is 32.2. The van der Waals surface area contributed by atoms with E-state index in [1.54, 1.807) is 0 Å². The number of hydrogen-bond acceptors (Lipinski definition) is 6. The molecular formula is C22H23F3N2O6S. The lowest BCUT2D eigenvalue weighted by molar-refractivity contribution is -0.137. The van der Waals surface area contributed by atoms with Gasteiger partial charge in [0.2, 0.25) is 0 Å². The lowest BCUT2D eigenvalue weighted by Crippen LogP contribution is -2.45. The van der Waals surface area contributed by atoms with Gasteiger partial charge in [-0.25, -0.2) is 13.2 Å². The fourth-order valence-corrected chi connectivity index (χ4v) is 6.04. The third kappa shape index (κ3) is 4.51. The predicted molar refractivity (Wildman–Crippen MR) is 117 cm³/mol. The Balaban J connectivity index is 1.81. The highest BCUT2D eigenvalue weighted by Crippen LogP contribution is 2.44. The number of halogens is 3. The monoisotopic (exact) mass is 500 g/mol. The van der Waals surface area contributed by atoms with Crippen molar-refractivity contribution in [3.63, 3.8) is 0 Å². The standard InChI is InChI=1S/C22H23F3N2O6S/c1-33-19-7-2-12(21(29)30)8-20(19)34(31,32)26-17-9-13(22(23,24)25)3-6-18(17)27-14-4-5-15(27)11-16(28)10-14/h2-3,6-9,14-16,26,28H,4-5,10-11H2,1H3,(H,29,30)/t14-,15+,16?. The van der Waals surface area contributed by atoms with Crippen molar-refractivity contribution in [1.82, 2.24) is 0 Å². The minimum atomic E-state index is -4.71. The molecule has 2 aromatic rings. The molecule has 2 fully saturated rings. The number of nitrogens with zero attached hydrogens (tertiary/aromatic N) is 1. The topological polar surface area (TPSA) is 116 Å². The highest BCUT2D eigenvalue weighted by molar-refractivity contribution is 7.92. The van der Waals surface area contributed by atoms with Gasteiger partial charge in [0.1, 0.15) is 10.6 Å². The van der Waals surface area contributed by atoms with E-state index in [0.717, 1.165) is 43.2 Å². The van der Waals surface area contributed by atoms with E-state index < -0.39 is 38.7 Å². The molecule has 3 atom stereocenters. The molecule has 2 saturated heterocycles. The van der Waals surface area contributed by atoms with Gasteiger partial charge in [-0.15, -0.1) is 0 Å². The van der Waals surface area contributed by atoms with Crippen LogP contribution in [0.2, 0.25) is 0 Å². The molecule has 0 saturated carbocycles. The number of piperidine rings is 1. The van der Waals surface area contributed by atoms with Crippen molar-refractivity contribution in [3.05, 3.63) is 47.5 Å². The van der Waals surface area contributed by atoms with Gasteiger partial charge < -0.3 is 19.8 Å². The number of methoxy groups -OCH3 is 1. The van der Waals surface area contributed by atoms with E-state index in [-0.39, 0.29) is 34.8 Å². The van der Waals surface area contributed by atoms with Crippen LogP contribution in [-0.4, -0.2) is 49.9 Å². The summed E-state index contributed by atoms with van der Waals surface area (Å²) in [5.74, 6) is -1.53. The largest absolute Gasteiger partial charge is 0.495 e. The Morgan fingerprint density at radius 3 is 2.32 bits per heavy atom. The van der Waals surface area contributed by atoms with Crippen LogP contribution in [-0.2, 0) is 16.2 Å². The summed E-state index contributed by atoms with van der Waals surface area (Å²) in [6, 6.07) is 5.78. The van der Waals surface area contributed by atoms with E-state index in [0.29, 0.717) is 12.8 Å². The first-order valence-electron chi connectivity index (χ1n) is 10.5. The number of anilines is 2. The van der Waals surface area contributed by atoms with Crippen LogP contribution in [0.1, 0.15) is 41.6 Å². The van der Waals surface area contributed by atoms with Gasteiger partial charge in [-0.1, -0.05) is 0 Å². The van der Waals surface area contributed by atoms with Crippen molar-refractivity contribution in [1.29, 1.82) is 0 Å². The van der Waals surface area contributed by atoms with Crippen LogP contribution in [0.25, 0.3) is 0 Å². The van der Waals surface area contributed by atoms with Crippen LogP contribution >= 0.6 is 0 Å². The Morgan fingerprint density at radius 2 is 1.76 bits per heavy atom. The molecule has 12 heteroatoms. The maximum Gasteiger partial charge on any atom is 0.416 e. The van der Waals surface area contributed by atoms with Gasteiger partial charge in [0, 0.05) is 12.1 Å². The zero-order valence-corrected chi connectivity index (χ0v) is 18.9. The molecule has 8 nitrogen and oxygen atoms in total. The molecule has 0 amide bonds. The van der Waals surface area contributed by atoms with Crippen LogP contribution < -0.4 is 14.4 Å². The fraction of sp³-hybridized carbons (Fsp3) is 0.409. The second kappa shape index (κ2) is 8.66. The molecule has 4 rings (SSSR count). The quantitative estimate of drug-likeness (QED) is 0.554. The Hall–Kier alpha value is -2.99. The van der Waals surface area contributed by atoms with Crippen molar-refractivity contribution < 1.29 is 41.3 Å². The maximum atomic E-state index is 13.5. The lowest BCUT2D eigenvalue weighted by atomic mass is 9.98. The van der Waals surface area contributed by atoms with Gasteiger partial charge >= 0.3 is 12.1 Å². The number of aromatic carboxylic acids is 1. The fourth-order valence-electron chi connectivity index (χ4n) is 4.78. The van der Waals surface area contributed by atoms with E-state index in [9.17, 15) is 36.6 Å². The molecule has 2 heterocycles. The van der Waals surface area contributed by atoms with Crippen LogP contribution in [0.4, 0.5) is 24.5 Å². The predicted octanol–water partition coefficient (Wildman–Crippen LogP) is 3.71. The highest BCUT2D eigenvalue weighted by Gasteiger charge is 2.42. The summed E-state index contributed by atoms with van der Waals surface area (Å²) < 4.78 is 74.2. The second-order valence-corrected chi connectivity index (χ2v) is 10.1. The molecule has 2 aliphatic rings. The summed E-state index contributed by atoms with van der Waals surface area (Å²) in [4.78, 5) is 12.7. The first-order chi connectivity index (χ1) is 15.9. The number of rotatable bonds is 6. The summed E-state index contributed by atoms with van der Waals surface area (Å²) in [6.07, 6.45) is -2.92. The van der Waals surface area contributed by atoms with Crippen LogP contribution in [0.15, 0.2) is 41.3 Å². The number of alkyl halides is 3. The number of carboxylic acids is 1. The zero-order valence-electron chi connectivity index (χ0n) is 18.0. The Labute approximate surface area is 194 Å². The number of fused-ring (bicyclic) bond motifs is 2. The summed E-state index contributed by atoms with van der Waals surface area (Å²) in [7, 11) is -3.35. The van der Waals surface area contributed by atoms with E-state index in [4.69, 9.17) is 4.74 Å². The molecule has 2 aromatic carbocycles. The Kier molecular flexibility index (Phi) is 6.15. The van der Waals surface area contributed by atoms with Crippen molar-refractivity contribution in [2.75, 3.05) is 16.7 Å². The zero-order chi connectivity index (χ0) is 24.8. The number of aliphatic hydroxyl groups is 1. The first kappa shape index (κ1) is 24.1. The van der Waals surface area contributed by atoms with Gasteiger partial charge in [-0.3, -0.25) is 4.72 Å². The molecule has 2 aliphatic heterocycles. The van der Waals surface area contributed by atoms with E-state index in [1.807, 2.05) is 4.90 Å². The minimum Gasteiger partial charge on any atom is -0.495 e. The molecule has 0 radical (unpaired) electrons. The van der Waals surface area contributed by atoms with Gasteiger partial charge in [0.05, 0.1) is 35.7 Å². The number of carboxylic acid groups (broad SMARTS) is 1. The molecule has 0 aromatic heterocycles. The average molecular weight is 500 g/mol. The third-order valence-electron chi connectivity index (χ3n) is 6.25. The van der Waals surface area contributed by atoms with Gasteiger partial charge in [-0.05, 0) is 62.1 Å². The number of benzene rings is 2. The Morgan fingerprint density at radius 1 is 1.12 bits per heavy atom. The van der Waals surface area contributed by atoms with Gasteiger partial charge in [-0.2, -0.15) is 13.2 Å². The number of ether oxygens (including phenoxy) is 1. The van der Waals surface area contributed by atoms with Crippen molar-refractivity contribution in [2.45, 2.75) is 54.9 Å². The summed E-state index contributed by atoms with van der Waals surface area (Å²) >= 11 is 0. The molecule has 3 N–H and O–H groups in total. The number of nitrogens with one attached hydrogen (secondary N) is 1. The third-order valence-corrected chi connectivity index (χ3v) is 7.64. The lowest BCUT2D eigenvalue weighted by Gasteiger charge is -2.40. The number of hydrogen-bond donors (Lipinski definition) is 3. The molecule has 0 spiro atoms. The molecule has 34 heavy (non-hydrogen) atoms. The summed E-state index contributed by atoms with van der Waals surface area (Å²) in [5.41, 5.74) is -1.38. The molecule has 1 unspecified atom stereocenters. The van der Waals surface area contributed by atoms with Crippen LogP contribution in [0, 0.1) is 0 Å². The normalized spacial score (nSPS) is 22.5. The van der Waals surface area contributed by atoms with E-state index in [1.165, 1.54) is 13.2 Å². The first-order valence-corrected chi connectivity index (χ1v) is 12.0. The smallest absolute Gasteiger partial charge is 0.416 e. The molecular weight excluding hydrogens is 477 g/mol. The van der Waals surface area contributed by atoms with Gasteiger partial charge in [0.15, 0.2) is 0 Å². The molecule has 2 bridgehead atoms. The SMILES string of the molecule is COc1ccc(C(=O)O)cc1S(=O)(=O)Nc1cc(C(F)(F)F)ccc1N1[C@@H]2CC[C@H]1CC(O)C2. The second-order valence-electron chi connectivity index (χ2n) is 8.42. The minimum absolute atomic E-state index is 0.140. The van der Waals surface area contributed by atoms with Crippen LogP contribution in [0.5, 0.6) is 5.75 Å². The number of sulfonamides is 1. The van der Waals surface area contributed by atoms with E-state index in [2.05, 4.69) is 4.72 Å². The van der Waals surface area contributed by atoms with Gasteiger partial charge in [0.25, 0.3) is 10.0 Å². The van der Waals surface area contributed by atoms with Crippen LogP contribution in [0.3, 0.4) is 0 Å². The Bertz CT molecular complexity index is 1200. The summed E-state index contributed by atoms with van der Waals surface area (Å²) in [5, 5.41) is 19.3. The summed E-state index contributed by atoms with van der Waals surface area (Å²) in [6.45, 7) is 0.